The van der Waals surface area contributed by atoms with Gasteiger partial charge in [0.25, 0.3) is 0 Å². The van der Waals surface area contributed by atoms with Crippen LogP contribution in [0.15, 0.2) is 18.3 Å². The average Bonchev–Trinajstić information content (AvgIpc) is 2.50. The summed E-state index contributed by atoms with van der Waals surface area (Å²) in [6.45, 7) is 1.92. The summed E-state index contributed by atoms with van der Waals surface area (Å²) in [6.07, 6.45) is 1.79. The van der Waals surface area contributed by atoms with E-state index in [-0.39, 0.29) is 12.6 Å². The minimum Gasteiger partial charge on any atom is -0.394 e. The molecule has 0 bridgehead atoms. The van der Waals surface area contributed by atoms with E-state index in [4.69, 9.17) is 10.4 Å². The Kier molecular flexibility index (Phi) is 2.29. The summed E-state index contributed by atoms with van der Waals surface area (Å²) in [5.74, 6) is 0. The maximum Gasteiger partial charge on any atom is 0.120 e. The minimum absolute atomic E-state index is 0.0142. The van der Waals surface area contributed by atoms with Gasteiger partial charge >= 0.3 is 0 Å². The first-order valence-corrected chi connectivity index (χ1v) is 3.47. The molecule has 1 N–H and O–H groups in total. The molecule has 0 fully saturated rings. The first-order chi connectivity index (χ1) is 5.29. The van der Waals surface area contributed by atoms with Crippen LogP contribution < -0.4 is 0 Å². The molecular formula is C8H10N2O. The summed E-state index contributed by atoms with van der Waals surface area (Å²) >= 11 is 0. The van der Waals surface area contributed by atoms with E-state index in [9.17, 15) is 0 Å². The van der Waals surface area contributed by atoms with E-state index in [1.165, 1.54) is 0 Å². The van der Waals surface area contributed by atoms with E-state index in [0.29, 0.717) is 5.69 Å². The summed E-state index contributed by atoms with van der Waals surface area (Å²) < 4.78 is 1.75. The van der Waals surface area contributed by atoms with Crippen molar-refractivity contribution in [2.24, 2.45) is 0 Å². The van der Waals surface area contributed by atoms with Gasteiger partial charge in [-0.25, -0.2) is 0 Å². The molecule has 0 aliphatic rings. The third-order valence-electron chi connectivity index (χ3n) is 1.63. The lowest BCUT2D eigenvalue weighted by Gasteiger charge is -2.10. The van der Waals surface area contributed by atoms with Crippen LogP contribution in [0.1, 0.15) is 18.7 Å². The molecule has 0 aromatic carbocycles. The van der Waals surface area contributed by atoms with Crippen molar-refractivity contribution in [1.29, 1.82) is 5.26 Å². The van der Waals surface area contributed by atoms with Crippen molar-refractivity contribution in [3.05, 3.63) is 24.0 Å². The largest absolute Gasteiger partial charge is 0.394 e. The maximum absolute atomic E-state index is 8.80. The van der Waals surface area contributed by atoms with Crippen LogP contribution in [-0.4, -0.2) is 16.3 Å². The van der Waals surface area contributed by atoms with Crippen LogP contribution in [0.25, 0.3) is 0 Å². The zero-order valence-corrected chi connectivity index (χ0v) is 6.36. The molecule has 0 aliphatic heterocycles. The normalized spacial score (nSPS) is 12.5. The van der Waals surface area contributed by atoms with Crippen molar-refractivity contribution in [2.45, 2.75) is 13.0 Å². The molecule has 0 saturated carbocycles. The Morgan fingerprint density at radius 1 is 1.82 bits per heavy atom. The Morgan fingerprint density at radius 3 is 3.09 bits per heavy atom. The monoisotopic (exact) mass is 150 g/mol. The Bertz CT molecular complexity index is 272. The lowest BCUT2D eigenvalue weighted by molar-refractivity contribution is 0.238. The number of nitriles is 1. The summed E-state index contributed by atoms with van der Waals surface area (Å²) in [6, 6.07) is 5.55. The van der Waals surface area contributed by atoms with E-state index < -0.39 is 0 Å². The standard InChI is InChI=1S/C8H10N2O/c1-7(6-11)10-4-2-3-8(10)5-9/h2-4,7,11H,6H2,1H3. The fourth-order valence-electron chi connectivity index (χ4n) is 0.961. The van der Waals surface area contributed by atoms with Gasteiger partial charge in [0.15, 0.2) is 0 Å². The highest BCUT2D eigenvalue weighted by Crippen LogP contribution is 2.09. The third kappa shape index (κ3) is 1.41. The Labute approximate surface area is 65.5 Å². The van der Waals surface area contributed by atoms with Crippen molar-refractivity contribution < 1.29 is 5.11 Å². The molecule has 1 unspecified atom stereocenters. The molecule has 0 amide bonds. The molecule has 1 heterocycles. The molecule has 1 atom stereocenters. The van der Waals surface area contributed by atoms with Gasteiger partial charge in [0.1, 0.15) is 11.8 Å². The highest BCUT2D eigenvalue weighted by Gasteiger charge is 2.05. The molecular weight excluding hydrogens is 140 g/mol. The predicted octanol–water partition coefficient (Wildman–Crippen LogP) is 0.913. The van der Waals surface area contributed by atoms with Crippen LogP contribution in [0.3, 0.4) is 0 Å². The van der Waals surface area contributed by atoms with Gasteiger partial charge in [0.2, 0.25) is 0 Å². The van der Waals surface area contributed by atoms with E-state index in [2.05, 4.69) is 0 Å². The van der Waals surface area contributed by atoms with E-state index in [0.717, 1.165) is 0 Å². The van der Waals surface area contributed by atoms with E-state index in [1.807, 2.05) is 13.0 Å². The van der Waals surface area contributed by atoms with E-state index >= 15 is 0 Å². The molecule has 1 aromatic heterocycles. The Morgan fingerprint density at radius 2 is 2.55 bits per heavy atom. The summed E-state index contributed by atoms with van der Waals surface area (Å²) in [5.41, 5.74) is 0.589. The number of aromatic nitrogens is 1. The first-order valence-electron chi connectivity index (χ1n) is 3.47. The van der Waals surface area contributed by atoms with E-state index in [1.54, 1.807) is 22.9 Å². The molecule has 3 heteroatoms. The second-order valence-corrected chi connectivity index (χ2v) is 2.44. The molecule has 3 nitrogen and oxygen atoms in total. The molecule has 0 saturated heterocycles. The Hall–Kier alpha value is -1.27. The second-order valence-electron chi connectivity index (χ2n) is 2.44. The minimum atomic E-state index is -0.0142. The molecule has 11 heavy (non-hydrogen) atoms. The van der Waals surface area contributed by atoms with Crippen molar-refractivity contribution >= 4 is 0 Å². The quantitative estimate of drug-likeness (QED) is 0.681. The molecule has 0 aliphatic carbocycles. The SMILES string of the molecule is CC(CO)n1cccc1C#N. The van der Waals surface area contributed by atoms with Gasteiger partial charge < -0.3 is 9.67 Å². The lowest BCUT2D eigenvalue weighted by Crippen LogP contribution is -2.09. The highest BCUT2D eigenvalue weighted by molar-refractivity contribution is 5.22. The van der Waals surface area contributed by atoms with Crippen molar-refractivity contribution in [3.63, 3.8) is 0 Å². The van der Waals surface area contributed by atoms with Gasteiger partial charge in [-0.15, -0.1) is 0 Å². The van der Waals surface area contributed by atoms with Crippen LogP contribution in [0.5, 0.6) is 0 Å². The van der Waals surface area contributed by atoms with Gasteiger partial charge in [-0.3, -0.25) is 0 Å². The molecule has 58 valence electrons. The van der Waals surface area contributed by atoms with Gasteiger partial charge in [-0.2, -0.15) is 5.26 Å². The van der Waals surface area contributed by atoms with Gasteiger partial charge in [-0.1, -0.05) is 0 Å². The topological polar surface area (TPSA) is 49.0 Å². The molecule has 1 rings (SSSR count). The smallest absolute Gasteiger partial charge is 0.120 e. The second kappa shape index (κ2) is 3.22. The number of aliphatic hydroxyl groups is 1. The zero-order chi connectivity index (χ0) is 8.27. The van der Waals surface area contributed by atoms with Crippen LogP contribution in [0.4, 0.5) is 0 Å². The Balaban J connectivity index is 2.95. The maximum atomic E-state index is 8.80. The molecule has 0 spiro atoms. The van der Waals surface area contributed by atoms with Gasteiger partial charge in [-0.05, 0) is 19.1 Å². The first kappa shape index (κ1) is 7.83. The van der Waals surface area contributed by atoms with Gasteiger partial charge in [0.05, 0.1) is 12.6 Å². The molecule has 1 aromatic rings. The number of aliphatic hydroxyl groups excluding tert-OH is 1. The lowest BCUT2D eigenvalue weighted by atomic mass is 10.3. The van der Waals surface area contributed by atoms with Gasteiger partial charge in [0, 0.05) is 6.20 Å². The number of hydrogen-bond donors (Lipinski definition) is 1. The molecule has 0 radical (unpaired) electrons. The van der Waals surface area contributed by atoms with Crippen LogP contribution in [-0.2, 0) is 0 Å². The van der Waals surface area contributed by atoms with Crippen molar-refractivity contribution in [3.8, 4) is 6.07 Å². The van der Waals surface area contributed by atoms with Crippen LogP contribution >= 0.6 is 0 Å². The number of nitrogens with zero attached hydrogens (tertiary/aromatic N) is 2. The van der Waals surface area contributed by atoms with Crippen molar-refractivity contribution in [1.82, 2.24) is 4.57 Å². The van der Waals surface area contributed by atoms with Crippen LogP contribution in [0, 0.1) is 11.3 Å². The highest BCUT2D eigenvalue weighted by atomic mass is 16.3. The number of hydrogen-bond acceptors (Lipinski definition) is 2. The predicted molar refractivity (Wildman–Crippen MR) is 40.9 cm³/mol. The summed E-state index contributed by atoms with van der Waals surface area (Å²) in [7, 11) is 0. The number of rotatable bonds is 2. The van der Waals surface area contributed by atoms with Crippen LogP contribution in [0.2, 0.25) is 0 Å². The zero-order valence-electron chi connectivity index (χ0n) is 6.36. The summed E-state index contributed by atoms with van der Waals surface area (Å²) in [4.78, 5) is 0. The fraction of sp³-hybridized carbons (Fsp3) is 0.375. The average molecular weight is 150 g/mol. The summed E-state index contributed by atoms with van der Waals surface area (Å²) in [5, 5.41) is 17.4. The fourth-order valence-corrected chi connectivity index (χ4v) is 0.961. The van der Waals surface area contributed by atoms with Crippen molar-refractivity contribution in [2.75, 3.05) is 6.61 Å². The third-order valence-corrected chi connectivity index (χ3v) is 1.63.